The summed E-state index contributed by atoms with van der Waals surface area (Å²) < 4.78 is 7.92. The molecule has 152 valence electrons. The summed E-state index contributed by atoms with van der Waals surface area (Å²) in [6.07, 6.45) is 3.37. The number of hydrogen-bond acceptors (Lipinski definition) is 4. The van der Waals surface area contributed by atoms with Crippen LogP contribution in [0.4, 0.5) is 4.79 Å². The maximum Gasteiger partial charge on any atom is 0.328 e. The number of carbonyl (C=O) groups is 3. The van der Waals surface area contributed by atoms with Crippen molar-refractivity contribution in [1.29, 1.82) is 0 Å². The monoisotopic (exact) mass is 403 g/mol. The summed E-state index contributed by atoms with van der Waals surface area (Å²) in [5.74, 6) is -0.602. The van der Waals surface area contributed by atoms with Crippen molar-refractivity contribution in [3.63, 3.8) is 0 Å². The fraction of sp³-hybridized carbons (Fsp3) is 0.174. The standard InChI is InChI=1S/C23H21N3O4/c1-14-7-8-17(11-15(14)2)30-10-9-26-13-16(18-5-3-4-6-20(18)26)12-19-21(27)24-23(29)25-22(19)28/h3-8,11-13H,9-10H2,1-2H3,(H2,24,25,27,28,29). The highest BCUT2D eigenvalue weighted by atomic mass is 16.5. The smallest absolute Gasteiger partial charge is 0.328 e. The minimum absolute atomic E-state index is 0.108. The fourth-order valence-electron chi connectivity index (χ4n) is 3.40. The first-order valence-electron chi connectivity index (χ1n) is 9.58. The average molecular weight is 403 g/mol. The molecule has 3 aromatic rings. The molecule has 1 fully saturated rings. The molecule has 1 aliphatic rings. The quantitative estimate of drug-likeness (QED) is 0.506. The molecule has 0 atom stereocenters. The number of nitrogens with one attached hydrogen (secondary N) is 2. The van der Waals surface area contributed by atoms with Crippen LogP contribution in [0.1, 0.15) is 16.7 Å². The highest BCUT2D eigenvalue weighted by Crippen LogP contribution is 2.24. The van der Waals surface area contributed by atoms with Crippen molar-refractivity contribution in [3.8, 4) is 5.75 Å². The van der Waals surface area contributed by atoms with E-state index >= 15 is 0 Å². The van der Waals surface area contributed by atoms with E-state index < -0.39 is 17.8 Å². The number of barbiturate groups is 1. The molecule has 1 aliphatic heterocycles. The third kappa shape index (κ3) is 3.82. The minimum atomic E-state index is -0.812. The Hall–Kier alpha value is -3.87. The third-order valence-electron chi connectivity index (χ3n) is 5.14. The Morgan fingerprint density at radius 2 is 1.70 bits per heavy atom. The van der Waals surface area contributed by atoms with Crippen molar-refractivity contribution in [2.75, 3.05) is 6.61 Å². The molecule has 0 saturated carbocycles. The molecule has 0 unspecified atom stereocenters. The fourth-order valence-corrected chi connectivity index (χ4v) is 3.40. The predicted molar refractivity (Wildman–Crippen MR) is 113 cm³/mol. The summed E-state index contributed by atoms with van der Waals surface area (Å²) in [4.78, 5) is 35.4. The summed E-state index contributed by atoms with van der Waals surface area (Å²) in [5.41, 5.74) is 3.96. The molecule has 1 aromatic heterocycles. The lowest BCUT2D eigenvalue weighted by Crippen LogP contribution is -2.51. The number of ether oxygens (including phenoxy) is 1. The molecule has 7 nitrogen and oxygen atoms in total. The van der Waals surface area contributed by atoms with E-state index in [2.05, 4.69) is 17.6 Å². The molecule has 0 spiro atoms. The predicted octanol–water partition coefficient (Wildman–Crippen LogP) is 3.09. The van der Waals surface area contributed by atoms with Gasteiger partial charge in [-0.05, 0) is 49.2 Å². The Morgan fingerprint density at radius 3 is 2.43 bits per heavy atom. The van der Waals surface area contributed by atoms with E-state index in [0.29, 0.717) is 18.7 Å². The lowest BCUT2D eigenvalue weighted by atomic mass is 10.1. The molecular formula is C23H21N3O4. The van der Waals surface area contributed by atoms with Crippen molar-refractivity contribution >= 4 is 34.8 Å². The van der Waals surface area contributed by atoms with Crippen molar-refractivity contribution in [3.05, 3.63) is 70.9 Å². The van der Waals surface area contributed by atoms with Gasteiger partial charge in [-0.3, -0.25) is 20.2 Å². The molecule has 7 heteroatoms. The molecule has 30 heavy (non-hydrogen) atoms. The van der Waals surface area contributed by atoms with Gasteiger partial charge in [-0.15, -0.1) is 0 Å². The maximum atomic E-state index is 12.1. The average Bonchev–Trinajstić information content (AvgIpc) is 3.05. The van der Waals surface area contributed by atoms with Crippen molar-refractivity contribution < 1.29 is 19.1 Å². The van der Waals surface area contributed by atoms with Gasteiger partial charge in [0, 0.05) is 22.7 Å². The van der Waals surface area contributed by atoms with Gasteiger partial charge in [-0.25, -0.2) is 4.79 Å². The summed E-state index contributed by atoms with van der Waals surface area (Å²) >= 11 is 0. The lowest BCUT2D eigenvalue weighted by molar-refractivity contribution is -0.123. The summed E-state index contributed by atoms with van der Waals surface area (Å²) in [7, 11) is 0. The molecule has 4 rings (SSSR count). The van der Waals surface area contributed by atoms with Crippen LogP contribution in [-0.4, -0.2) is 29.0 Å². The van der Waals surface area contributed by atoms with Crippen molar-refractivity contribution in [2.24, 2.45) is 0 Å². The van der Waals surface area contributed by atoms with Crippen LogP contribution in [0.15, 0.2) is 54.2 Å². The van der Waals surface area contributed by atoms with Crippen LogP contribution >= 0.6 is 0 Å². The number of aryl methyl sites for hydroxylation is 2. The highest BCUT2D eigenvalue weighted by Gasteiger charge is 2.28. The molecule has 0 radical (unpaired) electrons. The van der Waals surface area contributed by atoms with Gasteiger partial charge in [0.2, 0.25) is 0 Å². The van der Waals surface area contributed by atoms with Gasteiger partial charge in [-0.1, -0.05) is 24.3 Å². The zero-order valence-electron chi connectivity index (χ0n) is 16.7. The van der Waals surface area contributed by atoms with E-state index in [1.807, 2.05) is 60.2 Å². The van der Waals surface area contributed by atoms with Gasteiger partial charge >= 0.3 is 6.03 Å². The van der Waals surface area contributed by atoms with Gasteiger partial charge in [0.25, 0.3) is 11.8 Å². The van der Waals surface area contributed by atoms with Crippen molar-refractivity contribution in [2.45, 2.75) is 20.4 Å². The minimum Gasteiger partial charge on any atom is -0.492 e. The van der Waals surface area contributed by atoms with E-state index in [1.165, 1.54) is 17.2 Å². The second kappa shape index (κ2) is 7.87. The Bertz CT molecular complexity index is 1180. The molecule has 2 N–H and O–H groups in total. The van der Waals surface area contributed by atoms with Crippen LogP contribution in [0.3, 0.4) is 0 Å². The molecule has 4 amide bonds. The highest BCUT2D eigenvalue weighted by molar-refractivity contribution is 6.31. The Balaban J connectivity index is 1.58. The lowest BCUT2D eigenvalue weighted by Gasteiger charge is -2.13. The number of nitrogens with zero attached hydrogens (tertiary/aromatic N) is 1. The van der Waals surface area contributed by atoms with Gasteiger partial charge in [-0.2, -0.15) is 0 Å². The second-order valence-electron chi connectivity index (χ2n) is 7.18. The Morgan fingerprint density at radius 1 is 0.967 bits per heavy atom. The van der Waals surface area contributed by atoms with Crippen LogP contribution in [0.2, 0.25) is 0 Å². The second-order valence-corrected chi connectivity index (χ2v) is 7.18. The normalized spacial score (nSPS) is 13.9. The number of fused-ring (bicyclic) bond motifs is 1. The number of imide groups is 2. The van der Waals surface area contributed by atoms with Crippen molar-refractivity contribution in [1.82, 2.24) is 15.2 Å². The summed E-state index contributed by atoms with van der Waals surface area (Å²) in [5, 5.41) is 5.08. The summed E-state index contributed by atoms with van der Waals surface area (Å²) in [6.45, 7) is 5.16. The molecule has 0 aliphatic carbocycles. The number of rotatable bonds is 5. The van der Waals surface area contributed by atoms with Gasteiger partial charge in [0.05, 0.1) is 6.54 Å². The van der Waals surface area contributed by atoms with E-state index in [9.17, 15) is 14.4 Å². The maximum absolute atomic E-state index is 12.1. The van der Waals surface area contributed by atoms with Gasteiger partial charge < -0.3 is 9.30 Å². The van der Waals surface area contributed by atoms with Gasteiger partial charge in [0.1, 0.15) is 17.9 Å². The van der Waals surface area contributed by atoms with Crippen LogP contribution in [0.5, 0.6) is 5.75 Å². The van der Waals surface area contributed by atoms with E-state index in [4.69, 9.17) is 4.74 Å². The van der Waals surface area contributed by atoms with Crippen LogP contribution in [0.25, 0.3) is 17.0 Å². The van der Waals surface area contributed by atoms with E-state index in [1.54, 1.807) is 0 Å². The first kappa shape index (κ1) is 19.4. The molecule has 2 heterocycles. The Labute approximate surface area is 173 Å². The SMILES string of the molecule is Cc1ccc(OCCn2cc(C=C3C(=O)NC(=O)NC3=O)c3ccccc32)cc1C. The van der Waals surface area contributed by atoms with Crippen LogP contribution in [0, 0.1) is 13.8 Å². The van der Waals surface area contributed by atoms with E-state index in [-0.39, 0.29) is 5.57 Å². The number of amides is 4. The van der Waals surface area contributed by atoms with Crippen LogP contribution < -0.4 is 15.4 Å². The Kier molecular flexibility index (Phi) is 5.10. The van der Waals surface area contributed by atoms with Gasteiger partial charge in [0.15, 0.2) is 0 Å². The number of carbonyl (C=O) groups excluding carboxylic acids is 3. The third-order valence-corrected chi connectivity index (χ3v) is 5.14. The molecular weight excluding hydrogens is 382 g/mol. The van der Waals surface area contributed by atoms with Crippen LogP contribution in [-0.2, 0) is 16.1 Å². The number of aromatic nitrogens is 1. The number of benzene rings is 2. The zero-order chi connectivity index (χ0) is 21.3. The number of para-hydroxylation sites is 1. The zero-order valence-corrected chi connectivity index (χ0v) is 16.7. The summed E-state index contributed by atoms with van der Waals surface area (Å²) in [6, 6.07) is 12.9. The first-order valence-corrected chi connectivity index (χ1v) is 9.58. The number of urea groups is 1. The topological polar surface area (TPSA) is 89.4 Å². The molecule has 1 saturated heterocycles. The molecule has 0 bridgehead atoms. The van der Waals surface area contributed by atoms with E-state index in [0.717, 1.165) is 16.7 Å². The largest absolute Gasteiger partial charge is 0.492 e. The number of hydrogen-bond donors (Lipinski definition) is 2. The first-order chi connectivity index (χ1) is 14.4. The molecule has 2 aromatic carbocycles.